The van der Waals surface area contributed by atoms with Crippen LogP contribution < -0.4 is 4.74 Å². The lowest BCUT2D eigenvalue weighted by Gasteiger charge is -2.34. The van der Waals surface area contributed by atoms with Gasteiger partial charge in [-0.3, -0.25) is 9.69 Å². The Morgan fingerprint density at radius 1 is 1.00 bits per heavy atom. The van der Waals surface area contributed by atoms with Gasteiger partial charge in [0, 0.05) is 32.2 Å². The highest BCUT2D eigenvalue weighted by molar-refractivity contribution is 5.78. The van der Waals surface area contributed by atoms with E-state index < -0.39 is 0 Å². The standard InChI is InChI=1S/C25H31FN2O3/c26-23-2-1-3-24(17-23)31-19-22-6-4-20(5-7-22)16-21-8-10-28(11-9-21)25(29)18-27-12-14-30-15-13-27/h1-7,17,21H,8-16,18-19H2. The number of ether oxygens (including phenoxy) is 2. The van der Waals surface area contributed by atoms with E-state index in [1.807, 2.05) is 4.90 Å². The molecule has 4 rings (SSSR count). The highest BCUT2D eigenvalue weighted by Gasteiger charge is 2.24. The van der Waals surface area contributed by atoms with Crippen LogP contribution in [0.3, 0.4) is 0 Å². The van der Waals surface area contributed by atoms with Crippen molar-refractivity contribution in [1.82, 2.24) is 9.80 Å². The molecule has 0 N–H and O–H groups in total. The number of amides is 1. The number of nitrogens with zero attached hydrogens (tertiary/aromatic N) is 2. The van der Waals surface area contributed by atoms with Gasteiger partial charge in [0.15, 0.2) is 0 Å². The number of hydrogen-bond donors (Lipinski definition) is 0. The Morgan fingerprint density at radius 3 is 2.42 bits per heavy atom. The third-order valence-electron chi connectivity index (χ3n) is 6.18. The summed E-state index contributed by atoms with van der Waals surface area (Å²) in [5.41, 5.74) is 2.38. The molecule has 0 saturated carbocycles. The van der Waals surface area contributed by atoms with Crippen LogP contribution in [0.1, 0.15) is 24.0 Å². The maximum absolute atomic E-state index is 13.2. The molecule has 2 aromatic carbocycles. The minimum absolute atomic E-state index is 0.253. The highest BCUT2D eigenvalue weighted by atomic mass is 19.1. The molecular weight excluding hydrogens is 395 g/mol. The molecule has 6 heteroatoms. The molecule has 0 atom stereocenters. The molecule has 2 heterocycles. The van der Waals surface area contributed by atoms with Crippen LogP contribution in [0.25, 0.3) is 0 Å². The molecule has 2 saturated heterocycles. The van der Waals surface area contributed by atoms with Crippen molar-refractivity contribution in [2.45, 2.75) is 25.9 Å². The Morgan fingerprint density at radius 2 is 1.71 bits per heavy atom. The van der Waals surface area contributed by atoms with Crippen LogP contribution in [-0.4, -0.2) is 61.6 Å². The van der Waals surface area contributed by atoms with E-state index in [1.54, 1.807) is 12.1 Å². The van der Waals surface area contributed by atoms with Crippen molar-refractivity contribution >= 4 is 5.91 Å². The number of piperidine rings is 1. The molecule has 2 aliphatic heterocycles. The molecular formula is C25H31FN2O3. The van der Waals surface area contributed by atoms with E-state index in [9.17, 15) is 9.18 Å². The van der Waals surface area contributed by atoms with Gasteiger partial charge in [0.2, 0.25) is 5.91 Å². The third kappa shape index (κ3) is 6.52. The van der Waals surface area contributed by atoms with Gasteiger partial charge in [-0.2, -0.15) is 0 Å². The molecule has 0 bridgehead atoms. The van der Waals surface area contributed by atoms with Crippen molar-refractivity contribution in [2.75, 3.05) is 45.9 Å². The molecule has 5 nitrogen and oxygen atoms in total. The molecule has 2 aromatic rings. The molecule has 1 amide bonds. The normalized spacial score (nSPS) is 18.2. The van der Waals surface area contributed by atoms with Gasteiger partial charge < -0.3 is 14.4 Å². The number of halogens is 1. The minimum Gasteiger partial charge on any atom is -0.489 e. The number of carbonyl (C=O) groups is 1. The van der Waals surface area contributed by atoms with Crippen LogP contribution in [-0.2, 0) is 22.6 Å². The zero-order valence-corrected chi connectivity index (χ0v) is 18.0. The van der Waals surface area contributed by atoms with E-state index in [1.165, 1.54) is 17.7 Å². The lowest BCUT2D eigenvalue weighted by Crippen LogP contribution is -2.47. The van der Waals surface area contributed by atoms with Gasteiger partial charge in [-0.1, -0.05) is 30.3 Å². The third-order valence-corrected chi connectivity index (χ3v) is 6.18. The van der Waals surface area contributed by atoms with Gasteiger partial charge in [-0.15, -0.1) is 0 Å². The molecule has 2 fully saturated rings. The molecule has 0 unspecified atom stereocenters. The molecule has 31 heavy (non-hydrogen) atoms. The number of likely N-dealkylation sites (tertiary alicyclic amines) is 1. The van der Waals surface area contributed by atoms with Gasteiger partial charge in [-0.05, 0) is 48.4 Å². The van der Waals surface area contributed by atoms with Crippen molar-refractivity contribution in [2.24, 2.45) is 5.92 Å². The Bertz CT molecular complexity index is 844. The average Bonchev–Trinajstić information content (AvgIpc) is 2.80. The van der Waals surface area contributed by atoms with Crippen LogP contribution >= 0.6 is 0 Å². The zero-order chi connectivity index (χ0) is 21.5. The number of benzene rings is 2. The van der Waals surface area contributed by atoms with E-state index in [-0.39, 0.29) is 11.7 Å². The van der Waals surface area contributed by atoms with Gasteiger partial charge in [-0.25, -0.2) is 4.39 Å². The van der Waals surface area contributed by atoms with Gasteiger partial charge in [0.05, 0.1) is 19.8 Å². The smallest absolute Gasteiger partial charge is 0.236 e. The van der Waals surface area contributed by atoms with Gasteiger partial charge in [0.1, 0.15) is 18.2 Å². The van der Waals surface area contributed by atoms with E-state index >= 15 is 0 Å². The minimum atomic E-state index is -0.290. The molecule has 166 valence electrons. The first-order valence-corrected chi connectivity index (χ1v) is 11.2. The highest BCUT2D eigenvalue weighted by Crippen LogP contribution is 2.23. The maximum atomic E-state index is 13.2. The van der Waals surface area contributed by atoms with Crippen molar-refractivity contribution in [3.8, 4) is 5.75 Å². The average molecular weight is 427 g/mol. The van der Waals surface area contributed by atoms with Crippen molar-refractivity contribution in [1.29, 1.82) is 0 Å². The fraction of sp³-hybridized carbons (Fsp3) is 0.480. The van der Waals surface area contributed by atoms with E-state index in [2.05, 4.69) is 29.2 Å². The lowest BCUT2D eigenvalue weighted by molar-refractivity contribution is -0.134. The monoisotopic (exact) mass is 426 g/mol. The second-order valence-electron chi connectivity index (χ2n) is 8.48. The number of carbonyl (C=O) groups excluding carboxylic acids is 1. The van der Waals surface area contributed by atoms with Crippen molar-refractivity contribution < 1.29 is 18.7 Å². The Hall–Kier alpha value is -2.44. The molecule has 0 spiro atoms. The Labute approximate surface area is 183 Å². The molecule has 0 radical (unpaired) electrons. The topological polar surface area (TPSA) is 42.0 Å². The van der Waals surface area contributed by atoms with E-state index in [4.69, 9.17) is 9.47 Å². The predicted octanol–water partition coefficient (Wildman–Crippen LogP) is 3.52. The summed E-state index contributed by atoms with van der Waals surface area (Å²) in [6, 6.07) is 14.7. The lowest BCUT2D eigenvalue weighted by atomic mass is 9.90. The van der Waals surface area contributed by atoms with Crippen LogP contribution in [0.5, 0.6) is 5.75 Å². The van der Waals surface area contributed by atoms with Crippen LogP contribution in [0.2, 0.25) is 0 Å². The van der Waals surface area contributed by atoms with Crippen molar-refractivity contribution in [3.05, 3.63) is 65.5 Å². The molecule has 0 aromatic heterocycles. The van der Waals surface area contributed by atoms with Crippen molar-refractivity contribution in [3.63, 3.8) is 0 Å². The summed E-state index contributed by atoms with van der Waals surface area (Å²) in [6.07, 6.45) is 3.15. The summed E-state index contributed by atoms with van der Waals surface area (Å²) in [7, 11) is 0. The van der Waals surface area contributed by atoms with Gasteiger partial charge >= 0.3 is 0 Å². The second-order valence-corrected chi connectivity index (χ2v) is 8.48. The second kappa shape index (κ2) is 10.7. The van der Waals surface area contributed by atoms with E-state index in [0.717, 1.165) is 64.2 Å². The van der Waals surface area contributed by atoms with Crippen LogP contribution in [0.4, 0.5) is 4.39 Å². The first-order chi connectivity index (χ1) is 15.2. The summed E-state index contributed by atoms with van der Waals surface area (Å²) in [4.78, 5) is 16.8. The zero-order valence-electron chi connectivity index (χ0n) is 18.0. The Kier molecular flexibility index (Phi) is 7.54. The van der Waals surface area contributed by atoms with Gasteiger partial charge in [0.25, 0.3) is 0 Å². The number of morpholine rings is 1. The maximum Gasteiger partial charge on any atom is 0.236 e. The summed E-state index contributed by atoms with van der Waals surface area (Å²) >= 11 is 0. The van der Waals surface area contributed by atoms with Crippen LogP contribution in [0.15, 0.2) is 48.5 Å². The summed E-state index contributed by atoms with van der Waals surface area (Å²) in [6.45, 7) is 5.81. The number of hydrogen-bond acceptors (Lipinski definition) is 4. The fourth-order valence-electron chi connectivity index (χ4n) is 4.27. The number of rotatable bonds is 7. The molecule has 0 aliphatic carbocycles. The summed E-state index contributed by atoms with van der Waals surface area (Å²) in [5, 5.41) is 0. The summed E-state index contributed by atoms with van der Waals surface area (Å²) in [5.74, 6) is 1.12. The SMILES string of the molecule is O=C(CN1CCOCC1)N1CCC(Cc2ccc(COc3cccc(F)c3)cc2)CC1. The fourth-order valence-corrected chi connectivity index (χ4v) is 4.27. The first kappa shape index (κ1) is 21.8. The van der Waals surface area contributed by atoms with Crippen LogP contribution in [0, 0.1) is 11.7 Å². The predicted molar refractivity (Wildman–Crippen MR) is 117 cm³/mol. The molecule has 2 aliphatic rings. The summed E-state index contributed by atoms with van der Waals surface area (Å²) < 4.78 is 24.3. The quantitative estimate of drug-likeness (QED) is 0.680. The Balaban J connectivity index is 1.19. The largest absolute Gasteiger partial charge is 0.489 e. The first-order valence-electron chi connectivity index (χ1n) is 11.2. The van der Waals surface area contributed by atoms with E-state index in [0.29, 0.717) is 24.8 Å².